The SMILES string of the molecule is N#Cc1ccnc(Nc2ccc(Cl)cc2Br)n1. The van der Waals surface area contributed by atoms with Crippen LogP contribution >= 0.6 is 27.5 Å². The van der Waals surface area contributed by atoms with Gasteiger partial charge in [0, 0.05) is 15.7 Å². The van der Waals surface area contributed by atoms with Gasteiger partial charge >= 0.3 is 0 Å². The molecular weight excluding hydrogens is 304 g/mol. The summed E-state index contributed by atoms with van der Waals surface area (Å²) < 4.78 is 0.802. The quantitative estimate of drug-likeness (QED) is 0.922. The Morgan fingerprint density at radius 3 is 2.88 bits per heavy atom. The highest BCUT2D eigenvalue weighted by atomic mass is 79.9. The van der Waals surface area contributed by atoms with Gasteiger partial charge < -0.3 is 5.32 Å². The zero-order valence-corrected chi connectivity index (χ0v) is 10.8. The number of hydrogen-bond donors (Lipinski definition) is 1. The smallest absolute Gasteiger partial charge is 0.228 e. The van der Waals surface area contributed by atoms with Crippen molar-refractivity contribution in [2.24, 2.45) is 0 Å². The zero-order valence-electron chi connectivity index (χ0n) is 8.48. The van der Waals surface area contributed by atoms with Gasteiger partial charge in [0.15, 0.2) is 0 Å². The first kappa shape index (κ1) is 11.8. The molecule has 84 valence electrons. The molecule has 0 saturated heterocycles. The van der Waals surface area contributed by atoms with E-state index in [9.17, 15) is 0 Å². The summed E-state index contributed by atoms with van der Waals surface area (Å²) >= 11 is 9.21. The van der Waals surface area contributed by atoms with Gasteiger partial charge in [-0.25, -0.2) is 9.97 Å². The van der Waals surface area contributed by atoms with E-state index in [-0.39, 0.29) is 0 Å². The van der Waals surface area contributed by atoms with Crippen molar-refractivity contribution in [3.05, 3.63) is 45.7 Å². The predicted molar refractivity (Wildman–Crippen MR) is 69.2 cm³/mol. The summed E-state index contributed by atoms with van der Waals surface area (Å²) in [6.07, 6.45) is 1.53. The van der Waals surface area contributed by atoms with Gasteiger partial charge in [-0.1, -0.05) is 11.6 Å². The molecule has 17 heavy (non-hydrogen) atoms. The molecule has 0 saturated carbocycles. The minimum atomic E-state index is 0.313. The first-order valence-corrected chi connectivity index (χ1v) is 5.81. The van der Waals surface area contributed by atoms with Crippen molar-refractivity contribution in [1.29, 1.82) is 5.26 Å². The molecular formula is C11H6BrClN4. The lowest BCUT2D eigenvalue weighted by Crippen LogP contribution is -1.98. The summed E-state index contributed by atoms with van der Waals surface area (Å²) in [6, 6.07) is 8.81. The third-order valence-electron chi connectivity index (χ3n) is 1.95. The molecule has 1 heterocycles. The van der Waals surface area contributed by atoms with Gasteiger partial charge in [0.25, 0.3) is 0 Å². The van der Waals surface area contributed by atoms with E-state index < -0.39 is 0 Å². The molecule has 2 aromatic rings. The number of hydrogen-bond acceptors (Lipinski definition) is 4. The molecule has 0 aliphatic heterocycles. The molecule has 6 heteroatoms. The van der Waals surface area contributed by atoms with Crippen LogP contribution < -0.4 is 5.32 Å². The molecule has 0 aliphatic carbocycles. The standard InChI is InChI=1S/C11H6BrClN4/c12-9-5-7(13)1-2-10(9)17-11-15-4-3-8(6-14)16-11/h1-5H,(H,15,16,17). The lowest BCUT2D eigenvalue weighted by molar-refractivity contribution is 1.14. The summed E-state index contributed by atoms with van der Waals surface area (Å²) in [5.74, 6) is 0.368. The second-order valence-electron chi connectivity index (χ2n) is 3.13. The number of anilines is 2. The van der Waals surface area contributed by atoms with Crippen LogP contribution in [0.25, 0.3) is 0 Å². The highest BCUT2D eigenvalue weighted by molar-refractivity contribution is 9.10. The van der Waals surface area contributed by atoms with E-state index in [0.29, 0.717) is 16.7 Å². The Morgan fingerprint density at radius 1 is 1.35 bits per heavy atom. The molecule has 0 aliphatic rings. The van der Waals surface area contributed by atoms with Crippen molar-refractivity contribution < 1.29 is 0 Å². The number of rotatable bonds is 2. The number of benzene rings is 1. The normalized spacial score (nSPS) is 9.71. The van der Waals surface area contributed by atoms with Crippen LogP contribution in [-0.4, -0.2) is 9.97 Å². The fourth-order valence-corrected chi connectivity index (χ4v) is 1.97. The average molecular weight is 310 g/mol. The van der Waals surface area contributed by atoms with Crippen LogP contribution in [0.3, 0.4) is 0 Å². The predicted octanol–water partition coefficient (Wildman–Crippen LogP) is 3.51. The van der Waals surface area contributed by atoms with Gasteiger partial charge in [-0.2, -0.15) is 5.26 Å². The molecule has 0 radical (unpaired) electrons. The lowest BCUT2D eigenvalue weighted by Gasteiger charge is -2.06. The highest BCUT2D eigenvalue weighted by Crippen LogP contribution is 2.27. The van der Waals surface area contributed by atoms with Crippen molar-refractivity contribution in [1.82, 2.24) is 9.97 Å². The number of aromatic nitrogens is 2. The molecule has 1 aromatic carbocycles. The van der Waals surface area contributed by atoms with E-state index >= 15 is 0 Å². The number of halogens is 2. The Kier molecular flexibility index (Phi) is 3.57. The van der Waals surface area contributed by atoms with Gasteiger partial charge in [-0.05, 0) is 40.2 Å². The van der Waals surface area contributed by atoms with Crippen molar-refractivity contribution in [3.8, 4) is 6.07 Å². The Hall–Kier alpha value is -1.64. The van der Waals surface area contributed by atoms with E-state index in [1.165, 1.54) is 6.20 Å². The molecule has 1 aromatic heterocycles. The maximum Gasteiger partial charge on any atom is 0.228 e. The van der Waals surface area contributed by atoms with Gasteiger partial charge in [0.05, 0.1) is 5.69 Å². The van der Waals surface area contributed by atoms with Crippen molar-refractivity contribution >= 4 is 39.2 Å². The van der Waals surface area contributed by atoms with Gasteiger partial charge in [-0.15, -0.1) is 0 Å². The third-order valence-corrected chi connectivity index (χ3v) is 2.84. The van der Waals surface area contributed by atoms with E-state index in [1.54, 1.807) is 24.3 Å². The highest BCUT2D eigenvalue weighted by Gasteiger charge is 2.03. The monoisotopic (exact) mass is 308 g/mol. The Labute approximate surface area is 111 Å². The van der Waals surface area contributed by atoms with E-state index in [1.807, 2.05) is 6.07 Å². The minimum absolute atomic E-state index is 0.313. The molecule has 0 amide bonds. The van der Waals surface area contributed by atoms with E-state index in [2.05, 4.69) is 31.2 Å². The lowest BCUT2D eigenvalue weighted by atomic mass is 10.3. The van der Waals surface area contributed by atoms with Crippen molar-refractivity contribution in [3.63, 3.8) is 0 Å². The van der Waals surface area contributed by atoms with Crippen LogP contribution in [-0.2, 0) is 0 Å². The molecule has 2 rings (SSSR count). The molecule has 0 unspecified atom stereocenters. The van der Waals surface area contributed by atoms with Crippen LogP contribution in [0.15, 0.2) is 34.9 Å². The number of nitrogens with zero attached hydrogens (tertiary/aromatic N) is 3. The van der Waals surface area contributed by atoms with Crippen molar-refractivity contribution in [2.75, 3.05) is 5.32 Å². The average Bonchev–Trinajstić information content (AvgIpc) is 2.33. The van der Waals surface area contributed by atoms with Crippen LogP contribution in [0.4, 0.5) is 11.6 Å². The second kappa shape index (κ2) is 5.13. The summed E-state index contributed by atoms with van der Waals surface area (Å²) in [6.45, 7) is 0. The second-order valence-corrected chi connectivity index (χ2v) is 4.42. The fourth-order valence-electron chi connectivity index (χ4n) is 1.19. The minimum Gasteiger partial charge on any atom is -0.323 e. The summed E-state index contributed by atoms with van der Waals surface area (Å²) in [7, 11) is 0. The summed E-state index contributed by atoms with van der Waals surface area (Å²) in [5, 5.41) is 12.4. The van der Waals surface area contributed by atoms with Crippen LogP contribution in [0.5, 0.6) is 0 Å². The molecule has 0 spiro atoms. The van der Waals surface area contributed by atoms with E-state index in [0.717, 1.165) is 10.2 Å². The molecule has 0 bridgehead atoms. The number of nitrogens with one attached hydrogen (secondary N) is 1. The largest absolute Gasteiger partial charge is 0.323 e. The third kappa shape index (κ3) is 2.93. The van der Waals surface area contributed by atoms with Gasteiger partial charge in [-0.3, -0.25) is 0 Å². The summed E-state index contributed by atoms with van der Waals surface area (Å²) in [5.41, 5.74) is 1.09. The molecule has 4 nitrogen and oxygen atoms in total. The maximum atomic E-state index is 8.72. The van der Waals surface area contributed by atoms with E-state index in [4.69, 9.17) is 16.9 Å². The van der Waals surface area contributed by atoms with Gasteiger partial charge in [0.1, 0.15) is 11.8 Å². The maximum absolute atomic E-state index is 8.72. The molecule has 0 atom stereocenters. The Bertz CT molecular complexity index is 594. The first-order chi connectivity index (χ1) is 8.19. The number of nitriles is 1. The summed E-state index contributed by atoms with van der Waals surface area (Å²) in [4.78, 5) is 8.03. The topological polar surface area (TPSA) is 61.6 Å². The van der Waals surface area contributed by atoms with Crippen LogP contribution in [0.1, 0.15) is 5.69 Å². The zero-order chi connectivity index (χ0) is 12.3. The van der Waals surface area contributed by atoms with Crippen LogP contribution in [0.2, 0.25) is 5.02 Å². The fraction of sp³-hybridized carbons (Fsp3) is 0. The van der Waals surface area contributed by atoms with Crippen LogP contribution in [0, 0.1) is 11.3 Å². The van der Waals surface area contributed by atoms with Gasteiger partial charge in [0.2, 0.25) is 5.95 Å². The Balaban J connectivity index is 2.28. The molecule has 0 fully saturated rings. The Morgan fingerprint density at radius 2 is 2.18 bits per heavy atom. The molecule has 1 N–H and O–H groups in total. The van der Waals surface area contributed by atoms with Crippen molar-refractivity contribution in [2.45, 2.75) is 0 Å². The first-order valence-electron chi connectivity index (χ1n) is 4.64.